The van der Waals surface area contributed by atoms with E-state index in [4.69, 9.17) is 9.47 Å². The molecule has 1 fully saturated rings. The second kappa shape index (κ2) is 9.53. The minimum atomic E-state index is -0.0918. The van der Waals surface area contributed by atoms with Crippen molar-refractivity contribution in [1.82, 2.24) is 10.2 Å². The highest BCUT2D eigenvalue weighted by Crippen LogP contribution is 2.21. The van der Waals surface area contributed by atoms with Gasteiger partial charge in [0, 0.05) is 31.7 Å². The van der Waals surface area contributed by atoms with Gasteiger partial charge in [-0.05, 0) is 42.3 Å². The number of amides is 1. The molecule has 27 heavy (non-hydrogen) atoms. The fourth-order valence-corrected chi connectivity index (χ4v) is 3.19. The highest BCUT2D eigenvalue weighted by molar-refractivity contribution is 5.94. The first kappa shape index (κ1) is 19.4. The molecule has 2 aromatic carbocycles. The first-order chi connectivity index (χ1) is 13.1. The lowest BCUT2D eigenvalue weighted by molar-refractivity contribution is -0.0295. The lowest BCUT2D eigenvalue weighted by Gasteiger charge is -2.33. The minimum Gasteiger partial charge on any atom is -0.457 e. The molecule has 1 unspecified atom stereocenters. The largest absolute Gasteiger partial charge is 0.457 e. The summed E-state index contributed by atoms with van der Waals surface area (Å²) in [5.41, 5.74) is 0.616. The van der Waals surface area contributed by atoms with Crippen molar-refractivity contribution in [3.05, 3.63) is 60.2 Å². The monoisotopic (exact) mass is 368 g/mol. The molecule has 5 heteroatoms. The van der Waals surface area contributed by atoms with Crippen molar-refractivity contribution in [3.8, 4) is 11.5 Å². The van der Waals surface area contributed by atoms with E-state index in [2.05, 4.69) is 24.1 Å². The van der Waals surface area contributed by atoms with Crippen LogP contribution in [-0.4, -0.2) is 49.7 Å². The molecule has 0 spiro atoms. The Balaban J connectivity index is 1.48. The Morgan fingerprint density at radius 2 is 1.85 bits per heavy atom. The number of nitrogens with zero attached hydrogens (tertiary/aromatic N) is 1. The van der Waals surface area contributed by atoms with Gasteiger partial charge < -0.3 is 14.8 Å². The Labute approximate surface area is 161 Å². The van der Waals surface area contributed by atoms with E-state index >= 15 is 0 Å². The fraction of sp³-hybridized carbons (Fsp3) is 0.409. The highest BCUT2D eigenvalue weighted by atomic mass is 16.5. The van der Waals surface area contributed by atoms with E-state index in [9.17, 15) is 4.79 Å². The first-order valence-corrected chi connectivity index (χ1v) is 9.55. The van der Waals surface area contributed by atoms with Crippen molar-refractivity contribution in [3.63, 3.8) is 0 Å². The molecule has 0 saturated carbocycles. The second-order valence-electron chi connectivity index (χ2n) is 7.30. The zero-order chi connectivity index (χ0) is 19.1. The normalized spacial score (nSPS) is 17.7. The van der Waals surface area contributed by atoms with Gasteiger partial charge in [-0.1, -0.05) is 32.0 Å². The Bertz CT molecular complexity index is 716. The number of hydrogen-bond donors (Lipinski definition) is 1. The highest BCUT2D eigenvalue weighted by Gasteiger charge is 2.21. The average Bonchev–Trinajstić information content (AvgIpc) is 2.67. The zero-order valence-corrected chi connectivity index (χ0v) is 16.1. The van der Waals surface area contributed by atoms with Crippen LogP contribution in [0.4, 0.5) is 0 Å². The van der Waals surface area contributed by atoms with E-state index in [1.165, 1.54) is 0 Å². The standard InChI is InChI=1S/C22H28N2O3/c1-17(2)15-24-12-13-26-21(16-24)14-23-22(25)18-8-10-20(11-9-18)27-19-6-4-3-5-7-19/h3-11,17,21H,12-16H2,1-2H3,(H,23,25). The molecule has 2 aromatic rings. The van der Waals surface area contributed by atoms with Gasteiger partial charge >= 0.3 is 0 Å². The summed E-state index contributed by atoms with van der Waals surface area (Å²) in [7, 11) is 0. The van der Waals surface area contributed by atoms with Crippen LogP contribution in [0.5, 0.6) is 11.5 Å². The van der Waals surface area contributed by atoms with Crippen molar-refractivity contribution in [2.75, 3.05) is 32.8 Å². The van der Waals surface area contributed by atoms with Gasteiger partial charge in [0.15, 0.2) is 0 Å². The summed E-state index contributed by atoms with van der Waals surface area (Å²) >= 11 is 0. The molecule has 1 N–H and O–H groups in total. The predicted octanol–water partition coefficient (Wildman–Crippen LogP) is 3.57. The first-order valence-electron chi connectivity index (χ1n) is 9.55. The van der Waals surface area contributed by atoms with Crippen LogP contribution in [0.1, 0.15) is 24.2 Å². The lowest BCUT2D eigenvalue weighted by atomic mass is 10.1. The zero-order valence-electron chi connectivity index (χ0n) is 16.1. The van der Waals surface area contributed by atoms with Gasteiger partial charge in [-0.25, -0.2) is 0 Å². The number of para-hydroxylation sites is 1. The number of benzene rings is 2. The lowest BCUT2D eigenvalue weighted by Crippen LogP contribution is -2.48. The number of carbonyl (C=O) groups excluding carboxylic acids is 1. The van der Waals surface area contributed by atoms with E-state index in [1.54, 1.807) is 12.1 Å². The van der Waals surface area contributed by atoms with E-state index in [0.29, 0.717) is 23.8 Å². The van der Waals surface area contributed by atoms with Gasteiger partial charge in [-0.2, -0.15) is 0 Å². The van der Waals surface area contributed by atoms with Gasteiger partial charge in [0.2, 0.25) is 0 Å². The number of carbonyl (C=O) groups is 1. The molecule has 1 heterocycles. The second-order valence-corrected chi connectivity index (χ2v) is 7.30. The van der Waals surface area contributed by atoms with Gasteiger partial charge in [-0.15, -0.1) is 0 Å². The topological polar surface area (TPSA) is 50.8 Å². The van der Waals surface area contributed by atoms with Crippen LogP contribution in [0, 0.1) is 5.92 Å². The Morgan fingerprint density at radius 3 is 2.56 bits per heavy atom. The third-order valence-corrected chi connectivity index (χ3v) is 4.43. The summed E-state index contributed by atoms with van der Waals surface area (Å²) in [6.45, 7) is 8.58. The van der Waals surface area contributed by atoms with E-state index in [0.717, 1.165) is 32.0 Å². The Hall–Kier alpha value is -2.37. The van der Waals surface area contributed by atoms with Crippen LogP contribution in [0.25, 0.3) is 0 Å². The van der Waals surface area contributed by atoms with Crippen LogP contribution in [-0.2, 0) is 4.74 Å². The molecule has 5 nitrogen and oxygen atoms in total. The van der Waals surface area contributed by atoms with E-state index < -0.39 is 0 Å². The molecule has 0 radical (unpaired) electrons. The summed E-state index contributed by atoms with van der Waals surface area (Å²) in [6.07, 6.45) is 0.0436. The molecule has 1 saturated heterocycles. The third kappa shape index (κ3) is 6.08. The average molecular weight is 368 g/mol. The predicted molar refractivity (Wildman–Crippen MR) is 106 cm³/mol. The number of morpholine rings is 1. The number of ether oxygens (including phenoxy) is 2. The molecule has 1 aliphatic rings. The van der Waals surface area contributed by atoms with Crippen molar-refractivity contribution in [2.24, 2.45) is 5.92 Å². The molecule has 1 atom stereocenters. The summed E-state index contributed by atoms with van der Waals surface area (Å²) in [5, 5.41) is 2.98. The molecular weight excluding hydrogens is 340 g/mol. The smallest absolute Gasteiger partial charge is 0.251 e. The molecular formula is C22H28N2O3. The minimum absolute atomic E-state index is 0.0436. The molecule has 0 aromatic heterocycles. The van der Waals surface area contributed by atoms with Gasteiger partial charge in [0.25, 0.3) is 5.91 Å². The van der Waals surface area contributed by atoms with Crippen molar-refractivity contribution in [2.45, 2.75) is 20.0 Å². The summed E-state index contributed by atoms with van der Waals surface area (Å²) in [4.78, 5) is 14.8. The summed E-state index contributed by atoms with van der Waals surface area (Å²) < 4.78 is 11.5. The van der Waals surface area contributed by atoms with E-state index in [-0.39, 0.29) is 12.0 Å². The number of nitrogens with one attached hydrogen (secondary N) is 1. The maximum Gasteiger partial charge on any atom is 0.251 e. The fourth-order valence-electron chi connectivity index (χ4n) is 3.19. The van der Waals surface area contributed by atoms with Crippen molar-refractivity contribution in [1.29, 1.82) is 0 Å². The third-order valence-electron chi connectivity index (χ3n) is 4.43. The summed E-state index contributed by atoms with van der Waals surface area (Å²) in [5.74, 6) is 2.02. The molecule has 1 amide bonds. The van der Waals surface area contributed by atoms with Crippen molar-refractivity contribution >= 4 is 5.91 Å². The Morgan fingerprint density at radius 1 is 1.15 bits per heavy atom. The SMILES string of the molecule is CC(C)CN1CCOC(CNC(=O)c2ccc(Oc3ccccc3)cc2)C1. The molecule has 0 bridgehead atoms. The van der Waals surface area contributed by atoms with Crippen LogP contribution in [0.2, 0.25) is 0 Å². The molecule has 1 aliphatic heterocycles. The molecule has 144 valence electrons. The summed E-state index contributed by atoms with van der Waals surface area (Å²) in [6, 6.07) is 16.8. The molecule has 3 rings (SSSR count). The number of hydrogen-bond acceptors (Lipinski definition) is 4. The van der Waals surface area contributed by atoms with Gasteiger partial charge in [0.1, 0.15) is 11.5 Å². The molecule has 0 aliphatic carbocycles. The quantitative estimate of drug-likeness (QED) is 0.812. The van der Waals surface area contributed by atoms with E-state index in [1.807, 2.05) is 42.5 Å². The van der Waals surface area contributed by atoms with Crippen molar-refractivity contribution < 1.29 is 14.3 Å². The number of rotatable bonds is 7. The van der Waals surface area contributed by atoms with Crippen LogP contribution in [0.3, 0.4) is 0 Å². The van der Waals surface area contributed by atoms with Gasteiger partial charge in [0.05, 0.1) is 12.7 Å². The van der Waals surface area contributed by atoms with Crippen LogP contribution < -0.4 is 10.1 Å². The van der Waals surface area contributed by atoms with Gasteiger partial charge in [-0.3, -0.25) is 9.69 Å². The Kier molecular flexibility index (Phi) is 6.85. The maximum atomic E-state index is 12.4. The van der Waals surface area contributed by atoms with Crippen LogP contribution in [0.15, 0.2) is 54.6 Å². The van der Waals surface area contributed by atoms with Crippen LogP contribution >= 0.6 is 0 Å². The maximum absolute atomic E-state index is 12.4.